The normalized spacial score (nSPS) is 20.4. The topological polar surface area (TPSA) is 41.1 Å². The maximum atomic E-state index is 13.1. The van der Waals surface area contributed by atoms with E-state index >= 15 is 0 Å². The van der Waals surface area contributed by atoms with Gasteiger partial charge in [-0.3, -0.25) is 0 Å². The standard InChI is InChI=1S/C9H8ClFN2O/c10-8-5(2-1-3-6(8)11)7-4-12-9(14)13-7/h1-3,7H,4H2,(H2,12,13,14)/t7-/m1/s1. The molecular formula is C9H8ClFN2O. The monoisotopic (exact) mass is 214 g/mol. The van der Waals surface area contributed by atoms with Crippen LogP contribution in [-0.4, -0.2) is 12.6 Å². The summed E-state index contributed by atoms with van der Waals surface area (Å²) >= 11 is 5.77. The van der Waals surface area contributed by atoms with E-state index in [0.717, 1.165) is 0 Å². The molecule has 1 aliphatic heterocycles. The first-order chi connectivity index (χ1) is 6.68. The van der Waals surface area contributed by atoms with Crippen molar-refractivity contribution < 1.29 is 9.18 Å². The summed E-state index contributed by atoms with van der Waals surface area (Å²) < 4.78 is 13.1. The Hall–Kier alpha value is -1.29. The molecule has 2 rings (SSSR count). The molecule has 1 aliphatic rings. The van der Waals surface area contributed by atoms with E-state index in [1.807, 2.05) is 0 Å². The fourth-order valence-electron chi connectivity index (χ4n) is 1.43. The lowest BCUT2D eigenvalue weighted by Gasteiger charge is -2.10. The van der Waals surface area contributed by atoms with Crippen molar-refractivity contribution in [2.45, 2.75) is 6.04 Å². The number of carbonyl (C=O) groups is 1. The average Bonchev–Trinajstić information content (AvgIpc) is 2.57. The minimum Gasteiger partial charge on any atom is -0.336 e. The zero-order chi connectivity index (χ0) is 10.1. The van der Waals surface area contributed by atoms with E-state index in [-0.39, 0.29) is 17.1 Å². The fourth-order valence-corrected chi connectivity index (χ4v) is 1.69. The van der Waals surface area contributed by atoms with E-state index in [4.69, 9.17) is 11.6 Å². The summed E-state index contributed by atoms with van der Waals surface area (Å²) in [6, 6.07) is 4.06. The maximum Gasteiger partial charge on any atom is 0.315 e. The van der Waals surface area contributed by atoms with Crippen LogP contribution < -0.4 is 10.6 Å². The molecule has 0 bridgehead atoms. The molecule has 0 radical (unpaired) electrons. The largest absolute Gasteiger partial charge is 0.336 e. The third-order valence-corrected chi connectivity index (χ3v) is 2.53. The van der Waals surface area contributed by atoms with Crippen LogP contribution in [0.1, 0.15) is 11.6 Å². The Morgan fingerprint density at radius 1 is 1.50 bits per heavy atom. The molecule has 1 aromatic rings. The van der Waals surface area contributed by atoms with Crippen LogP contribution in [0.4, 0.5) is 9.18 Å². The lowest BCUT2D eigenvalue weighted by atomic mass is 10.1. The third-order valence-electron chi connectivity index (χ3n) is 2.13. The quantitative estimate of drug-likeness (QED) is 0.736. The minimum atomic E-state index is -0.467. The van der Waals surface area contributed by atoms with E-state index in [1.54, 1.807) is 12.1 Å². The lowest BCUT2D eigenvalue weighted by molar-refractivity contribution is 0.247. The van der Waals surface area contributed by atoms with Gasteiger partial charge in [0, 0.05) is 6.54 Å². The van der Waals surface area contributed by atoms with Crippen molar-refractivity contribution in [1.29, 1.82) is 0 Å². The van der Waals surface area contributed by atoms with Crippen LogP contribution in [-0.2, 0) is 0 Å². The molecule has 0 saturated carbocycles. The van der Waals surface area contributed by atoms with Crippen LogP contribution in [0.3, 0.4) is 0 Å². The first kappa shape index (κ1) is 9.27. The van der Waals surface area contributed by atoms with Gasteiger partial charge in [-0.25, -0.2) is 9.18 Å². The Morgan fingerprint density at radius 2 is 2.29 bits per heavy atom. The van der Waals surface area contributed by atoms with Crippen molar-refractivity contribution in [2.24, 2.45) is 0 Å². The third kappa shape index (κ3) is 1.53. The predicted octanol–water partition coefficient (Wildman–Crippen LogP) is 1.83. The molecular weight excluding hydrogens is 207 g/mol. The molecule has 1 atom stereocenters. The summed E-state index contributed by atoms with van der Waals surface area (Å²) in [5.74, 6) is -0.467. The van der Waals surface area contributed by atoms with Gasteiger partial charge in [-0.15, -0.1) is 0 Å². The zero-order valence-electron chi connectivity index (χ0n) is 7.18. The molecule has 14 heavy (non-hydrogen) atoms. The lowest BCUT2D eigenvalue weighted by Crippen LogP contribution is -2.21. The molecule has 3 nitrogen and oxygen atoms in total. The number of hydrogen-bond donors (Lipinski definition) is 2. The van der Waals surface area contributed by atoms with Crippen LogP contribution in [0.5, 0.6) is 0 Å². The van der Waals surface area contributed by atoms with Gasteiger partial charge < -0.3 is 10.6 Å². The van der Waals surface area contributed by atoms with Gasteiger partial charge >= 0.3 is 6.03 Å². The predicted molar refractivity (Wildman–Crippen MR) is 50.7 cm³/mol. The smallest absolute Gasteiger partial charge is 0.315 e. The molecule has 74 valence electrons. The van der Waals surface area contributed by atoms with Crippen LogP contribution in [0.2, 0.25) is 5.02 Å². The highest BCUT2D eigenvalue weighted by Crippen LogP contribution is 2.26. The Balaban J connectivity index is 2.32. The van der Waals surface area contributed by atoms with Crippen molar-refractivity contribution in [3.05, 3.63) is 34.6 Å². The Morgan fingerprint density at radius 3 is 2.93 bits per heavy atom. The zero-order valence-corrected chi connectivity index (χ0v) is 7.94. The summed E-state index contributed by atoms with van der Waals surface area (Å²) in [6.45, 7) is 0.433. The summed E-state index contributed by atoms with van der Waals surface area (Å²) in [7, 11) is 0. The average molecular weight is 215 g/mol. The molecule has 5 heteroatoms. The van der Waals surface area contributed by atoms with Crippen molar-refractivity contribution in [3.63, 3.8) is 0 Å². The van der Waals surface area contributed by atoms with Crippen molar-refractivity contribution in [3.8, 4) is 0 Å². The second-order valence-electron chi connectivity index (χ2n) is 3.05. The highest BCUT2D eigenvalue weighted by Gasteiger charge is 2.24. The number of hydrogen-bond acceptors (Lipinski definition) is 1. The van der Waals surface area contributed by atoms with Gasteiger partial charge in [-0.2, -0.15) is 0 Å². The van der Waals surface area contributed by atoms with E-state index in [9.17, 15) is 9.18 Å². The van der Waals surface area contributed by atoms with E-state index in [0.29, 0.717) is 12.1 Å². The fraction of sp³-hybridized carbons (Fsp3) is 0.222. The Labute approximate surface area is 85.3 Å². The van der Waals surface area contributed by atoms with Gasteiger partial charge in [-0.05, 0) is 11.6 Å². The van der Waals surface area contributed by atoms with Gasteiger partial charge in [0.25, 0.3) is 0 Å². The number of benzene rings is 1. The van der Waals surface area contributed by atoms with Crippen LogP contribution in [0.15, 0.2) is 18.2 Å². The van der Waals surface area contributed by atoms with Crippen molar-refractivity contribution in [1.82, 2.24) is 10.6 Å². The number of urea groups is 1. The maximum absolute atomic E-state index is 13.1. The van der Waals surface area contributed by atoms with Gasteiger partial charge in [0.1, 0.15) is 5.82 Å². The molecule has 1 aromatic carbocycles. The molecule has 0 aliphatic carbocycles. The number of amides is 2. The number of rotatable bonds is 1. The Bertz CT molecular complexity index is 383. The van der Waals surface area contributed by atoms with Crippen LogP contribution in [0.25, 0.3) is 0 Å². The molecule has 1 fully saturated rings. The minimum absolute atomic E-state index is 0.0708. The van der Waals surface area contributed by atoms with E-state index in [2.05, 4.69) is 10.6 Å². The number of nitrogens with one attached hydrogen (secondary N) is 2. The molecule has 2 amide bonds. The molecule has 1 heterocycles. The van der Waals surface area contributed by atoms with Crippen LogP contribution >= 0.6 is 11.6 Å². The summed E-state index contributed by atoms with van der Waals surface area (Å²) in [6.07, 6.45) is 0. The highest BCUT2D eigenvalue weighted by atomic mass is 35.5. The SMILES string of the molecule is O=C1NC[C@H](c2cccc(F)c2Cl)N1. The van der Waals surface area contributed by atoms with Gasteiger partial charge in [0.15, 0.2) is 0 Å². The van der Waals surface area contributed by atoms with Crippen molar-refractivity contribution in [2.75, 3.05) is 6.54 Å². The molecule has 0 spiro atoms. The molecule has 0 unspecified atom stereocenters. The number of carbonyl (C=O) groups excluding carboxylic acids is 1. The first-order valence-corrected chi connectivity index (χ1v) is 4.54. The second-order valence-corrected chi connectivity index (χ2v) is 3.43. The second kappa shape index (κ2) is 3.46. The number of halogens is 2. The van der Waals surface area contributed by atoms with Crippen LogP contribution in [0, 0.1) is 5.82 Å². The first-order valence-electron chi connectivity index (χ1n) is 4.17. The Kier molecular flexibility index (Phi) is 2.29. The van der Waals surface area contributed by atoms with E-state index in [1.165, 1.54) is 6.07 Å². The van der Waals surface area contributed by atoms with Gasteiger partial charge in [0.05, 0.1) is 11.1 Å². The van der Waals surface area contributed by atoms with E-state index < -0.39 is 5.82 Å². The van der Waals surface area contributed by atoms with Gasteiger partial charge in [0.2, 0.25) is 0 Å². The molecule has 2 N–H and O–H groups in total. The highest BCUT2D eigenvalue weighted by molar-refractivity contribution is 6.31. The van der Waals surface area contributed by atoms with Gasteiger partial charge in [-0.1, -0.05) is 23.7 Å². The summed E-state index contributed by atoms with van der Waals surface area (Å²) in [5, 5.41) is 5.29. The summed E-state index contributed by atoms with van der Waals surface area (Å²) in [4.78, 5) is 10.9. The molecule has 1 saturated heterocycles. The van der Waals surface area contributed by atoms with Crippen molar-refractivity contribution >= 4 is 17.6 Å². The molecule has 0 aromatic heterocycles. The summed E-state index contributed by atoms with van der Waals surface area (Å²) in [5.41, 5.74) is 0.602.